The van der Waals surface area contributed by atoms with E-state index in [1.165, 1.54) is 18.1 Å². The third-order valence-corrected chi connectivity index (χ3v) is 5.81. The van der Waals surface area contributed by atoms with Gasteiger partial charge in [-0.05, 0) is 60.0 Å². The van der Waals surface area contributed by atoms with Crippen LogP contribution >= 0.6 is 11.6 Å². The lowest BCUT2D eigenvalue weighted by Crippen LogP contribution is -2.29. The number of carbonyl (C=O) groups excluding carboxylic acids is 2. The molecule has 1 aliphatic heterocycles. The van der Waals surface area contributed by atoms with E-state index in [0.29, 0.717) is 22.6 Å². The van der Waals surface area contributed by atoms with Gasteiger partial charge in [0.25, 0.3) is 11.7 Å². The molecule has 2 aromatic carbocycles. The lowest BCUT2D eigenvalue weighted by molar-refractivity contribution is -0.132. The van der Waals surface area contributed by atoms with E-state index in [2.05, 4.69) is 4.98 Å². The summed E-state index contributed by atoms with van der Waals surface area (Å²) in [5, 5.41) is 11.4. The Bertz CT molecular complexity index is 1210. The summed E-state index contributed by atoms with van der Waals surface area (Å²) in [6.45, 7) is 2.04. The first-order chi connectivity index (χ1) is 15.5. The topological polar surface area (TPSA) is 79.7 Å². The fourth-order valence-corrected chi connectivity index (χ4v) is 4.08. The first-order valence-corrected chi connectivity index (χ1v) is 10.5. The number of rotatable bonds is 5. The second-order valence-electron chi connectivity index (χ2n) is 7.32. The monoisotopic (exact) mass is 448 g/mol. The van der Waals surface area contributed by atoms with Crippen LogP contribution in [-0.4, -0.2) is 28.9 Å². The first kappa shape index (κ1) is 21.6. The number of benzene rings is 2. The van der Waals surface area contributed by atoms with E-state index < -0.39 is 17.7 Å². The predicted molar refractivity (Wildman–Crippen MR) is 123 cm³/mol. The molecule has 1 fully saturated rings. The van der Waals surface area contributed by atoms with Crippen molar-refractivity contribution in [2.45, 2.75) is 19.4 Å². The van der Waals surface area contributed by atoms with Gasteiger partial charge in [0.1, 0.15) is 11.5 Å². The molecule has 0 radical (unpaired) electrons. The Morgan fingerprint density at radius 1 is 1.09 bits per heavy atom. The van der Waals surface area contributed by atoms with Crippen molar-refractivity contribution in [1.29, 1.82) is 0 Å². The summed E-state index contributed by atoms with van der Waals surface area (Å²) in [5.74, 6) is -1.35. The highest BCUT2D eigenvalue weighted by molar-refractivity contribution is 6.51. The Labute approximate surface area is 190 Å². The van der Waals surface area contributed by atoms with Crippen molar-refractivity contribution in [2.75, 3.05) is 12.0 Å². The molecule has 3 aromatic rings. The minimum atomic E-state index is -0.814. The molecule has 1 amide bonds. The minimum Gasteiger partial charge on any atom is -0.507 e. The molecule has 0 bridgehead atoms. The molecule has 1 saturated heterocycles. The molecule has 4 rings (SSSR count). The van der Waals surface area contributed by atoms with Crippen molar-refractivity contribution < 1.29 is 19.4 Å². The van der Waals surface area contributed by atoms with Gasteiger partial charge in [-0.2, -0.15) is 0 Å². The number of halogens is 1. The number of anilines is 1. The van der Waals surface area contributed by atoms with Gasteiger partial charge in [-0.3, -0.25) is 19.5 Å². The highest BCUT2D eigenvalue weighted by atomic mass is 35.5. The van der Waals surface area contributed by atoms with Crippen LogP contribution in [0.25, 0.3) is 5.76 Å². The molecule has 1 aliphatic rings. The first-order valence-electron chi connectivity index (χ1n) is 10.1. The van der Waals surface area contributed by atoms with Crippen LogP contribution in [0.1, 0.15) is 29.7 Å². The average molecular weight is 449 g/mol. The normalized spacial score (nSPS) is 17.6. The average Bonchev–Trinajstić information content (AvgIpc) is 3.09. The predicted octanol–water partition coefficient (Wildman–Crippen LogP) is 4.93. The lowest BCUT2D eigenvalue weighted by atomic mass is 9.95. The van der Waals surface area contributed by atoms with Crippen molar-refractivity contribution in [3.63, 3.8) is 0 Å². The SMILES string of the molecule is CCc1ccc(N2C(=O)C(=O)/C(=C(\O)c3ccc(OC)c(Cl)c3)C2c2ccncc2)cc1. The van der Waals surface area contributed by atoms with E-state index >= 15 is 0 Å². The number of methoxy groups -OCH3 is 1. The third-order valence-electron chi connectivity index (χ3n) is 5.51. The number of hydrogen-bond donors (Lipinski definition) is 1. The quantitative estimate of drug-likeness (QED) is 0.340. The molecule has 0 saturated carbocycles. The lowest BCUT2D eigenvalue weighted by Gasteiger charge is -2.25. The van der Waals surface area contributed by atoms with Crippen LogP contribution in [0.2, 0.25) is 5.02 Å². The standard InChI is InChI=1S/C25H21ClN2O4/c1-3-15-4-7-18(8-5-15)28-22(16-10-12-27-13-11-16)21(24(30)25(28)31)23(29)17-6-9-20(32-2)19(26)14-17/h4-14,22,29H,3H2,1-2H3/b23-21-. The van der Waals surface area contributed by atoms with Crippen LogP contribution in [0.5, 0.6) is 5.75 Å². The minimum absolute atomic E-state index is 0.0120. The van der Waals surface area contributed by atoms with E-state index in [1.54, 1.807) is 36.7 Å². The number of aliphatic hydroxyl groups excluding tert-OH is 1. The summed E-state index contributed by atoms with van der Waals surface area (Å²) in [6.07, 6.45) is 4.02. The van der Waals surface area contributed by atoms with Crippen LogP contribution in [0.3, 0.4) is 0 Å². The number of ether oxygens (including phenoxy) is 1. The number of amides is 1. The number of hydrogen-bond acceptors (Lipinski definition) is 5. The summed E-state index contributed by atoms with van der Waals surface area (Å²) >= 11 is 6.22. The maximum Gasteiger partial charge on any atom is 0.300 e. The largest absolute Gasteiger partial charge is 0.507 e. The molecule has 0 spiro atoms. The molecule has 1 N–H and O–H groups in total. The van der Waals surface area contributed by atoms with E-state index in [9.17, 15) is 14.7 Å². The van der Waals surface area contributed by atoms with Crippen LogP contribution < -0.4 is 9.64 Å². The summed E-state index contributed by atoms with van der Waals surface area (Å²) in [7, 11) is 1.49. The van der Waals surface area contributed by atoms with Crippen LogP contribution in [-0.2, 0) is 16.0 Å². The van der Waals surface area contributed by atoms with Gasteiger partial charge < -0.3 is 9.84 Å². The zero-order chi connectivity index (χ0) is 22.8. The van der Waals surface area contributed by atoms with Crippen molar-refractivity contribution in [3.05, 3.63) is 94.3 Å². The third kappa shape index (κ3) is 3.74. The Morgan fingerprint density at radius 3 is 2.38 bits per heavy atom. The van der Waals surface area contributed by atoms with Gasteiger partial charge in [-0.15, -0.1) is 0 Å². The summed E-state index contributed by atoms with van der Waals surface area (Å²) < 4.78 is 5.16. The van der Waals surface area contributed by atoms with Crippen molar-refractivity contribution in [3.8, 4) is 5.75 Å². The van der Waals surface area contributed by atoms with E-state index in [1.807, 2.05) is 31.2 Å². The zero-order valence-electron chi connectivity index (χ0n) is 17.6. The fourth-order valence-electron chi connectivity index (χ4n) is 3.82. The number of pyridine rings is 1. The van der Waals surface area contributed by atoms with E-state index in [-0.39, 0.29) is 16.4 Å². The number of nitrogens with zero attached hydrogens (tertiary/aromatic N) is 2. The van der Waals surface area contributed by atoms with Crippen LogP contribution in [0.4, 0.5) is 5.69 Å². The van der Waals surface area contributed by atoms with Gasteiger partial charge in [0.15, 0.2) is 0 Å². The fraction of sp³-hybridized carbons (Fsp3) is 0.160. The van der Waals surface area contributed by atoms with Crippen molar-refractivity contribution in [2.24, 2.45) is 0 Å². The number of carbonyl (C=O) groups is 2. The smallest absolute Gasteiger partial charge is 0.300 e. The highest BCUT2D eigenvalue weighted by Gasteiger charge is 2.47. The maximum absolute atomic E-state index is 13.1. The van der Waals surface area contributed by atoms with Gasteiger partial charge in [0, 0.05) is 23.6 Å². The van der Waals surface area contributed by atoms with Gasteiger partial charge in [-0.1, -0.05) is 30.7 Å². The molecular weight excluding hydrogens is 428 g/mol. The van der Waals surface area contributed by atoms with Crippen molar-refractivity contribution >= 4 is 34.7 Å². The molecule has 1 unspecified atom stereocenters. The molecule has 1 atom stereocenters. The second-order valence-corrected chi connectivity index (χ2v) is 7.73. The van der Waals surface area contributed by atoms with Gasteiger partial charge in [0.2, 0.25) is 0 Å². The Kier molecular flexibility index (Phi) is 5.97. The summed E-state index contributed by atoms with van der Waals surface area (Å²) in [6, 6.07) is 14.8. The van der Waals surface area contributed by atoms with Gasteiger partial charge in [-0.25, -0.2) is 0 Å². The van der Waals surface area contributed by atoms with Crippen LogP contribution in [0, 0.1) is 0 Å². The Morgan fingerprint density at radius 2 is 1.78 bits per heavy atom. The van der Waals surface area contributed by atoms with Crippen molar-refractivity contribution in [1.82, 2.24) is 4.98 Å². The Hall–Kier alpha value is -3.64. The second kappa shape index (κ2) is 8.85. The number of ketones is 1. The summed E-state index contributed by atoms with van der Waals surface area (Å²) in [4.78, 5) is 31.7. The summed E-state index contributed by atoms with van der Waals surface area (Å²) in [5.41, 5.74) is 2.63. The molecule has 2 heterocycles. The van der Waals surface area contributed by atoms with Crippen LogP contribution in [0.15, 0.2) is 72.6 Å². The zero-order valence-corrected chi connectivity index (χ0v) is 18.3. The molecule has 0 aliphatic carbocycles. The number of Topliss-reactive ketones (excluding diaryl/α,β-unsaturated/α-hetero) is 1. The number of aryl methyl sites for hydroxylation is 1. The van der Waals surface area contributed by atoms with E-state index in [4.69, 9.17) is 16.3 Å². The van der Waals surface area contributed by atoms with Gasteiger partial charge in [0.05, 0.1) is 23.7 Å². The molecule has 32 heavy (non-hydrogen) atoms. The molecule has 6 nitrogen and oxygen atoms in total. The molecule has 7 heteroatoms. The Balaban J connectivity index is 1.90. The maximum atomic E-state index is 13.1. The van der Waals surface area contributed by atoms with E-state index in [0.717, 1.165) is 12.0 Å². The number of aliphatic hydroxyl groups is 1. The molecule has 162 valence electrons. The number of aromatic nitrogens is 1. The van der Waals surface area contributed by atoms with Gasteiger partial charge >= 0.3 is 0 Å². The highest BCUT2D eigenvalue weighted by Crippen LogP contribution is 2.42. The molecule has 1 aromatic heterocycles. The molecular formula is C25H21ClN2O4.